The van der Waals surface area contributed by atoms with Gasteiger partial charge in [-0.1, -0.05) is 6.07 Å². The zero-order valence-electron chi connectivity index (χ0n) is 11.6. The molecule has 2 rings (SSSR count). The maximum atomic E-state index is 9.15. The van der Waals surface area contributed by atoms with E-state index in [1.54, 1.807) is 13.2 Å². The van der Waals surface area contributed by atoms with Crippen molar-refractivity contribution in [2.75, 3.05) is 33.4 Å². The minimum atomic E-state index is -0.109. The number of nitrogens with one attached hydrogen (secondary N) is 1. The quantitative estimate of drug-likeness (QED) is 0.528. The van der Waals surface area contributed by atoms with E-state index in [4.69, 9.17) is 25.7 Å². The lowest BCUT2D eigenvalue weighted by Gasteiger charge is -2.32. The lowest BCUT2D eigenvalue weighted by Crippen LogP contribution is -2.43. The maximum absolute atomic E-state index is 9.15. The first kappa shape index (κ1) is 14.8. The average molecular weight is 279 g/mol. The molecule has 6 heteroatoms. The van der Waals surface area contributed by atoms with E-state index < -0.39 is 0 Å². The fourth-order valence-corrected chi connectivity index (χ4v) is 2.35. The van der Waals surface area contributed by atoms with Gasteiger partial charge in [-0.3, -0.25) is 10.3 Å². The van der Waals surface area contributed by atoms with Crippen LogP contribution in [0.3, 0.4) is 0 Å². The topological polar surface area (TPSA) is 91.8 Å². The monoisotopic (exact) mass is 279 g/mol. The second-order valence-electron chi connectivity index (χ2n) is 4.86. The van der Waals surface area contributed by atoms with Gasteiger partial charge in [0.05, 0.1) is 32.0 Å². The van der Waals surface area contributed by atoms with E-state index in [1.807, 2.05) is 12.1 Å². The van der Waals surface area contributed by atoms with Gasteiger partial charge in [0.25, 0.3) is 0 Å². The molecule has 1 aliphatic rings. The van der Waals surface area contributed by atoms with Gasteiger partial charge in [-0.2, -0.15) is 0 Å². The minimum Gasteiger partial charge on any atom is -0.496 e. The Morgan fingerprint density at radius 1 is 1.60 bits per heavy atom. The number of nitrogen functional groups attached to an aromatic ring is 1. The number of aliphatic hydroxyl groups excluding tert-OH is 1. The van der Waals surface area contributed by atoms with Crippen LogP contribution in [0.2, 0.25) is 0 Å². The average Bonchev–Trinajstić information content (AvgIpc) is 2.47. The van der Waals surface area contributed by atoms with E-state index in [2.05, 4.69) is 4.90 Å². The van der Waals surface area contributed by atoms with Gasteiger partial charge < -0.3 is 20.3 Å². The summed E-state index contributed by atoms with van der Waals surface area (Å²) in [6.45, 7) is 2.99. The molecule has 0 aromatic heterocycles. The molecule has 4 N–H and O–H groups in total. The van der Waals surface area contributed by atoms with E-state index in [1.165, 1.54) is 0 Å². The minimum absolute atomic E-state index is 0.000108. The fourth-order valence-electron chi connectivity index (χ4n) is 2.35. The van der Waals surface area contributed by atoms with Crippen LogP contribution in [-0.2, 0) is 11.3 Å². The first-order valence-corrected chi connectivity index (χ1v) is 6.60. The number of rotatable bonds is 5. The lowest BCUT2D eigenvalue weighted by atomic mass is 10.1. The maximum Gasteiger partial charge on any atom is 0.130 e. The van der Waals surface area contributed by atoms with E-state index in [-0.39, 0.29) is 18.5 Å². The molecule has 0 spiro atoms. The number of aliphatic hydroxyl groups is 1. The van der Waals surface area contributed by atoms with Gasteiger partial charge in [0, 0.05) is 19.6 Å². The zero-order valence-corrected chi connectivity index (χ0v) is 11.6. The van der Waals surface area contributed by atoms with Crippen LogP contribution >= 0.6 is 0 Å². The summed E-state index contributed by atoms with van der Waals surface area (Å²) in [7, 11) is 1.57. The highest BCUT2D eigenvalue weighted by atomic mass is 16.5. The fraction of sp³-hybridized carbons (Fsp3) is 0.500. The summed E-state index contributed by atoms with van der Waals surface area (Å²) in [4.78, 5) is 2.23. The number of hydrogen-bond donors (Lipinski definition) is 3. The third-order valence-corrected chi connectivity index (χ3v) is 3.39. The standard InChI is InChI=1S/C14H21N3O3/c1-19-13-6-10(2-3-12(13)14(15)16)7-17-4-5-20-11(8-17)9-18/h2-3,6,11,18H,4-5,7-9H2,1H3,(H3,15,16). The van der Waals surface area contributed by atoms with Crippen molar-refractivity contribution in [2.45, 2.75) is 12.6 Å². The van der Waals surface area contributed by atoms with Crippen LogP contribution in [0.25, 0.3) is 0 Å². The molecular weight excluding hydrogens is 258 g/mol. The summed E-state index contributed by atoms with van der Waals surface area (Å²) in [6.07, 6.45) is -0.109. The van der Waals surface area contributed by atoms with E-state index >= 15 is 0 Å². The predicted molar refractivity (Wildman–Crippen MR) is 76.1 cm³/mol. The highest BCUT2D eigenvalue weighted by molar-refractivity contribution is 5.97. The van der Waals surface area contributed by atoms with E-state index in [0.717, 1.165) is 18.7 Å². The van der Waals surface area contributed by atoms with Crippen LogP contribution in [0, 0.1) is 5.41 Å². The van der Waals surface area contributed by atoms with Gasteiger partial charge in [-0.05, 0) is 17.7 Å². The number of methoxy groups -OCH3 is 1. The first-order valence-electron chi connectivity index (χ1n) is 6.60. The summed E-state index contributed by atoms with van der Waals surface area (Å²) in [5.74, 6) is 0.613. The Morgan fingerprint density at radius 3 is 3.05 bits per heavy atom. The molecule has 6 nitrogen and oxygen atoms in total. The predicted octanol–water partition coefficient (Wildman–Crippen LogP) is 0.172. The van der Waals surface area contributed by atoms with Crippen LogP contribution < -0.4 is 10.5 Å². The molecule has 1 atom stereocenters. The molecule has 0 saturated carbocycles. The molecule has 1 heterocycles. The van der Waals surface area contributed by atoms with Crippen molar-refractivity contribution in [2.24, 2.45) is 5.73 Å². The SMILES string of the molecule is COc1cc(CN2CCOC(CO)C2)ccc1C(=N)N. The highest BCUT2D eigenvalue weighted by Gasteiger charge is 2.20. The molecule has 1 aromatic rings. The molecule has 0 aliphatic carbocycles. The highest BCUT2D eigenvalue weighted by Crippen LogP contribution is 2.21. The summed E-state index contributed by atoms with van der Waals surface area (Å²) in [5.41, 5.74) is 7.20. The van der Waals surface area contributed by atoms with Crippen molar-refractivity contribution in [3.05, 3.63) is 29.3 Å². The number of ether oxygens (including phenoxy) is 2. The summed E-state index contributed by atoms with van der Waals surface area (Å²) in [5, 5.41) is 16.6. The molecule has 110 valence electrons. The normalized spacial score (nSPS) is 19.8. The van der Waals surface area contributed by atoms with E-state index in [0.29, 0.717) is 24.5 Å². The second-order valence-corrected chi connectivity index (χ2v) is 4.86. The van der Waals surface area contributed by atoms with Gasteiger partial charge in [0.2, 0.25) is 0 Å². The van der Waals surface area contributed by atoms with Gasteiger partial charge in [-0.15, -0.1) is 0 Å². The molecular formula is C14H21N3O3. The third kappa shape index (κ3) is 3.47. The van der Waals surface area contributed by atoms with Crippen molar-refractivity contribution in [3.8, 4) is 5.75 Å². The van der Waals surface area contributed by atoms with Crippen LogP contribution in [0.4, 0.5) is 0 Å². The van der Waals surface area contributed by atoms with Crippen LogP contribution in [0.1, 0.15) is 11.1 Å². The molecule has 20 heavy (non-hydrogen) atoms. The number of benzene rings is 1. The van der Waals surface area contributed by atoms with Crippen molar-refractivity contribution in [1.82, 2.24) is 4.90 Å². The Hall–Kier alpha value is -1.63. The van der Waals surface area contributed by atoms with Gasteiger partial charge in [0.15, 0.2) is 0 Å². The van der Waals surface area contributed by atoms with Crippen LogP contribution in [0.15, 0.2) is 18.2 Å². The summed E-state index contributed by atoms with van der Waals surface area (Å²) < 4.78 is 10.7. The molecule has 0 bridgehead atoms. The number of nitrogens with two attached hydrogens (primary N) is 1. The zero-order chi connectivity index (χ0) is 14.5. The van der Waals surface area contributed by atoms with Gasteiger partial charge >= 0.3 is 0 Å². The first-order chi connectivity index (χ1) is 9.63. The van der Waals surface area contributed by atoms with Gasteiger partial charge in [-0.25, -0.2) is 0 Å². The number of nitrogens with zero attached hydrogens (tertiary/aromatic N) is 1. The Labute approximate surface area is 118 Å². The van der Waals surface area contributed by atoms with E-state index in [9.17, 15) is 0 Å². The third-order valence-electron chi connectivity index (χ3n) is 3.39. The number of amidine groups is 1. The number of hydrogen-bond acceptors (Lipinski definition) is 5. The van der Waals surface area contributed by atoms with Crippen LogP contribution in [0.5, 0.6) is 5.75 Å². The summed E-state index contributed by atoms with van der Waals surface area (Å²) >= 11 is 0. The second kappa shape index (κ2) is 6.69. The lowest BCUT2D eigenvalue weighted by molar-refractivity contribution is -0.0551. The molecule has 1 saturated heterocycles. The Morgan fingerprint density at radius 2 is 2.40 bits per heavy atom. The van der Waals surface area contributed by atoms with Crippen molar-refractivity contribution in [1.29, 1.82) is 5.41 Å². The Kier molecular flexibility index (Phi) is 4.94. The molecule has 1 fully saturated rings. The van der Waals surface area contributed by atoms with Crippen molar-refractivity contribution >= 4 is 5.84 Å². The van der Waals surface area contributed by atoms with Crippen molar-refractivity contribution < 1.29 is 14.6 Å². The molecule has 0 radical (unpaired) electrons. The van der Waals surface area contributed by atoms with Gasteiger partial charge in [0.1, 0.15) is 11.6 Å². The molecule has 1 aliphatic heterocycles. The largest absolute Gasteiger partial charge is 0.496 e. The molecule has 0 amide bonds. The molecule has 1 aromatic carbocycles. The van der Waals surface area contributed by atoms with Crippen molar-refractivity contribution in [3.63, 3.8) is 0 Å². The smallest absolute Gasteiger partial charge is 0.130 e. The Balaban J connectivity index is 2.07. The molecule has 1 unspecified atom stereocenters. The summed E-state index contributed by atoms with van der Waals surface area (Å²) in [6, 6.07) is 5.66. The Bertz CT molecular complexity index is 479. The number of morpholine rings is 1. The van der Waals surface area contributed by atoms with Crippen LogP contribution in [-0.4, -0.2) is 55.4 Å².